The summed E-state index contributed by atoms with van der Waals surface area (Å²) < 4.78 is 4.67. The van der Waals surface area contributed by atoms with E-state index in [0.29, 0.717) is 5.69 Å². The molecule has 0 aliphatic rings. The summed E-state index contributed by atoms with van der Waals surface area (Å²) >= 11 is 1.47. The van der Waals surface area contributed by atoms with Crippen molar-refractivity contribution >= 4 is 17.3 Å². The monoisotopic (exact) mass is 261 g/mol. The molecule has 0 atom stereocenters. The largest absolute Gasteiger partial charge is 0.464 e. The fourth-order valence-corrected chi connectivity index (χ4v) is 3.07. The summed E-state index contributed by atoms with van der Waals surface area (Å²) in [5.74, 6) is -0.389. The van der Waals surface area contributed by atoms with Crippen molar-refractivity contribution in [3.8, 4) is 10.6 Å². The lowest BCUT2D eigenvalue weighted by Crippen LogP contribution is -2.01. The van der Waals surface area contributed by atoms with Crippen molar-refractivity contribution in [2.45, 2.75) is 20.8 Å². The number of aryl methyl sites for hydroxylation is 3. The highest BCUT2D eigenvalue weighted by Crippen LogP contribution is 2.30. The van der Waals surface area contributed by atoms with Crippen molar-refractivity contribution < 1.29 is 9.53 Å². The summed E-state index contributed by atoms with van der Waals surface area (Å²) in [6, 6.07) is 4.25. The normalized spacial score (nSPS) is 10.4. The van der Waals surface area contributed by atoms with Crippen LogP contribution in [-0.2, 0) is 4.74 Å². The van der Waals surface area contributed by atoms with Crippen molar-refractivity contribution in [1.29, 1.82) is 0 Å². The molecular formula is C14H15NO2S. The van der Waals surface area contributed by atoms with E-state index in [1.54, 1.807) is 5.38 Å². The van der Waals surface area contributed by atoms with Crippen LogP contribution in [0.1, 0.15) is 27.2 Å². The molecule has 1 aromatic heterocycles. The molecule has 1 heterocycles. The van der Waals surface area contributed by atoms with E-state index < -0.39 is 0 Å². The van der Waals surface area contributed by atoms with Gasteiger partial charge in [0, 0.05) is 10.9 Å². The Bertz CT molecular complexity index is 579. The van der Waals surface area contributed by atoms with Gasteiger partial charge in [-0.1, -0.05) is 17.7 Å². The third-order valence-electron chi connectivity index (χ3n) is 2.79. The molecule has 0 N–H and O–H groups in total. The highest BCUT2D eigenvalue weighted by Gasteiger charge is 2.14. The summed E-state index contributed by atoms with van der Waals surface area (Å²) in [5.41, 5.74) is 5.08. The Labute approximate surface area is 110 Å². The number of thiazole rings is 1. The molecule has 2 aromatic rings. The number of ether oxygens (including phenoxy) is 1. The summed E-state index contributed by atoms with van der Waals surface area (Å²) in [4.78, 5) is 15.8. The topological polar surface area (TPSA) is 39.2 Å². The maximum Gasteiger partial charge on any atom is 0.357 e. The Morgan fingerprint density at radius 1 is 1.22 bits per heavy atom. The van der Waals surface area contributed by atoms with Crippen LogP contribution in [0.3, 0.4) is 0 Å². The molecule has 0 saturated carbocycles. The molecule has 0 radical (unpaired) electrons. The third kappa shape index (κ3) is 2.29. The Hall–Kier alpha value is -1.68. The number of esters is 1. The fraction of sp³-hybridized carbons (Fsp3) is 0.286. The van der Waals surface area contributed by atoms with Gasteiger partial charge in [-0.2, -0.15) is 0 Å². The van der Waals surface area contributed by atoms with Gasteiger partial charge in [0.15, 0.2) is 5.69 Å². The van der Waals surface area contributed by atoms with Gasteiger partial charge in [0.1, 0.15) is 5.01 Å². The zero-order valence-corrected chi connectivity index (χ0v) is 11.7. The number of aromatic nitrogens is 1. The first-order valence-corrected chi connectivity index (χ1v) is 6.53. The SMILES string of the molecule is COC(=O)c1csc(-c2c(C)cc(C)cc2C)n1. The van der Waals surface area contributed by atoms with Gasteiger partial charge < -0.3 is 4.74 Å². The van der Waals surface area contributed by atoms with E-state index in [0.717, 1.165) is 10.6 Å². The summed E-state index contributed by atoms with van der Waals surface area (Å²) in [6.07, 6.45) is 0. The number of carbonyl (C=O) groups is 1. The van der Waals surface area contributed by atoms with E-state index >= 15 is 0 Å². The number of benzene rings is 1. The zero-order valence-electron chi connectivity index (χ0n) is 10.9. The van der Waals surface area contributed by atoms with Crippen molar-refractivity contribution in [3.05, 3.63) is 39.9 Å². The van der Waals surface area contributed by atoms with Crippen LogP contribution in [0, 0.1) is 20.8 Å². The van der Waals surface area contributed by atoms with Crippen LogP contribution in [0.2, 0.25) is 0 Å². The number of rotatable bonds is 2. The van der Waals surface area contributed by atoms with E-state index in [1.807, 2.05) is 0 Å². The molecule has 3 nitrogen and oxygen atoms in total. The molecule has 4 heteroatoms. The zero-order chi connectivity index (χ0) is 13.3. The second kappa shape index (κ2) is 4.90. The highest BCUT2D eigenvalue weighted by molar-refractivity contribution is 7.13. The quantitative estimate of drug-likeness (QED) is 0.776. The molecule has 94 valence electrons. The van der Waals surface area contributed by atoms with Gasteiger partial charge in [-0.05, 0) is 31.9 Å². The van der Waals surface area contributed by atoms with Crippen LogP contribution >= 0.6 is 11.3 Å². The Kier molecular flexibility index (Phi) is 3.48. The highest BCUT2D eigenvalue weighted by atomic mass is 32.1. The minimum absolute atomic E-state index is 0.372. The second-order valence-electron chi connectivity index (χ2n) is 4.30. The van der Waals surface area contributed by atoms with Gasteiger partial charge in [0.05, 0.1) is 7.11 Å². The fourth-order valence-electron chi connectivity index (χ4n) is 2.10. The third-order valence-corrected chi connectivity index (χ3v) is 3.65. The first kappa shape index (κ1) is 12.8. The van der Waals surface area contributed by atoms with Crippen LogP contribution in [0.4, 0.5) is 0 Å². The lowest BCUT2D eigenvalue weighted by Gasteiger charge is -2.08. The number of methoxy groups -OCH3 is 1. The van der Waals surface area contributed by atoms with Gasteiger partial charge in [-0.3, -0.25) is 0 Å². The van der Waals surface area contributed by atoms with Crippen LogP contribution in [0.15, 0.2) is 17.5 Å². The molecular weight excluding hydrogens is 246 g/mol. The summed E-state index contributed by atoms with van der Waals surface area (Å²) in [5, 5.41) is 2.60. The van der Waals surface area contributed by atoms with E-state index in [4.69, 9.17) is 0 Å². The Balaban J connectivity index is 2.49. The van der Waals surface area contributed by atoms with Crippen molar-refractivity contribution in [3.63, 3.8) is 0 Å². The Morgan fingerprint density at radius 3 is 2.39 bits per heavy atom. The number of carbonyl (C=O) groups excluding carboxylic acids is 1. The average molecular weight is 261 g/mol. The molecule has 2 rings (SSSR count). The number of hydrogen-bond acceptors (Lipinski definition) is 4. The summed E-state index contributed by atoms with van der Waals surface area (Å²) in [6.45, 7) is 6.20. The molecule has 18 heavy (non-hydrogen) atoms. The molecule has 0 amide bonds. The van der Waals surface area contributed by atoms with Crippen LogP contribution < -0.4 is 0 Å². The van der Waals surface area contributed by atoms with Crippen LogP contribution in [0.25, 0.3) is 10.6 Å². The minimum atomic E-state index is -0.389. The van der Waals surface area contributed by atoms with E-state index in [9.17, 15) is 4.79 Å². The first-order chi connectivity index (χ1) is 8.52. The smallest absolute Gasteiger partial charge is 0.357 e. The Morgan fingerprint density at radius 2 is 1.83 bits per heavy atom. The summed E-state index contributed by atoms with van der Waals surface area (Å²) in [7, 11) is 1.36. The maximum atomic E-state index is 11.4. The van der Waals surface area contributed by atoms with Crippen molar-refractivity contribution in [2.24, 2.45) is 0 Å². The lowest BCUT2D eigenvalue weighted by molar-refractivity contribution is 0.0595. The predicted octanol–water partition coefficient (Wildman–Crippen LogP) is 3.52. The van der Waals surface area contributed by atoms with Gasteiger partial charge in [0.25, 0.3) is 0 Å². The van der Waals surface area contributed by atoms with E-state index in [2.05, 4.69) is 42.6 Å². The van der Waals surface area contributed by atoms with E-state index in [-0.39, 0.29) is 5.97 Å². The number of nitrogens with zero attached hydrogens (tertiary/aromatic N) is 1. The molecule has 0 aliphatic heterocycles. The van der Waals surface area contributed by atoms with Gasteiger partial charge >= 0.3 is 5.97 Å². The molecule has 1 aromatic carbocycles. The second-order valence-corrected chi connectivity index (χ2v) is 5.16. The molecule has 0 aliphatic carbocycles. The first-order valence-electron chi connectivity index (χ1n) is 5.65. The van der Waals surface area contributed by atoms with Crippen LogP contribution in [-0.4, -0.2) is 18.1 Å². The van der Waals surface area contributed by atoms with Gasteiger partial charge in [-0.25, -0.2) is 9.78 Å². The predicted molar refractivity (Wildman–Crippen MR) is 73.1 cm³/mol. The molecule has 0 fully saturated rings. The minimum Gasteiger partial charge on any atom is -0.464 e. The van der Waals surface area contributed by atoms with Gasteiger partial charge in [-0.15, -0.1) is 11.3 Å². The molecule has 0 saturated heterocycles. The van der Waals surface area contributed by atoms with Crippen molar-refractivity contribution in [1.82, 2.24) is 4.98 Å². The average Bonchev–Trinajstić information content (AvgIpc) is 2.76. The van der Waals surface area contributed by atoms with Gasteiger partial charge in [0.2, 0.25) is 0 Å². The van der Waals surface area contributed by atoms with E-state index in [1.165, 1.54) is 35.1 Å². The molecule has 0 spiro atoms. The maximum absolute atomic E-state index is 11.4. The molecule has 0 unspecified atom stereocenters. The lowest BCUT2D eigenvalue weighted by atomic mass is 10.0. The van der Waals surface area contributed by atoms with Crippen LogP contribution in [0.5, 0.6) is 0 Å². The molecule has 0 bridgehead atoms. The number of hydrogen-bond donors (Lipinski definition) is 0. The van der Waals surface area contributed by atoms with Crippen molar-refractivity contribution in [2.75, 3.05) is 7.11 Å². The standard InChI is InChI=1S/C14H15NO2S/c1-8-5-9(2)12(10(3)6-8)13-15-11(7-18-13)14(16)17-4/h5-7H,1-4H3.